The van der Waals surface area contributed by atoms with Gasteiger partial charge in [0, 0.05) is 37.8 Å². The Morgan fingerprint density at radius 1 is 0.561 bits per heavy atom. The summed E-state index contributed by atoms with van der Waals surface area (Å²) in [6.07, 6.45) is 10.9. The lowest BCUT2D eigenvalue weighted by Crippen LogP contribution is -2.23. The summed E-state index contributed by atoms with van der Waals surface area (Å²) in [7, 11) is 0. The molecular formula is C54H41NOS. The average Bonchev–Trinajstić information content (AvgIpc) is 3.72. The zero-order chi connectivity index (χ0) is 38.0. The van der Waals surface area contributed by atoms with E-state index in [0.717, 1.165) is 35.5 Å². The van der Waals surface area contributed by atoms with Crippen molar-refractivity contribution in [3.63, 3.8) is 0 Å². The van der Waals surface area contributed by atoms with Gasteiger partial charge in [-0.3, -0.25) is 0 Å². The summed E-state index contributed by atoms with van der Waals surface area (Å²) in [6.45, 7) is 0.480. The maximum Gasteiger partial charge on any atom is 0.123 e. The lowest BCUT2D eigenvalue weighted by Gasteiger charge is -2.33. The third-order valence-electron chi connectivity index (χ3n) is 11.2. The van der Waals surface area contributed by atoms with Crippen LogP contribution in [-0.2, 0) is 6.42 Å². The van der Waals surface area contributed by atoms with Crippen molar-refractivity contribution in [2.24, 2.45) is 0 Å². The summed E-state index contributed by atoms with van der Waals surface area (Å²) in [5.41, 5.74) is 14.5. The molecule has 57 heavy (non-hydrogen) atoms. The van der Waals surface area contributed by atoms with E-state index < -0.39 is 0 Å². The molecule has 0 spiro atoms. The van der Waals surface area contributed by atoms with Crippen molar-refractivity contribution in [1.82, 2.24) is 0 Å². The zero-order valence-corrected chi connectivity index (χ0v) is 32.4. The van der Waals surface area contributed by atoms with E-state index in [1.54, 1.807) is 0 Å². The highest BCUT2D eigenvalue weighted by Crippen LogP contribution is 2.50. The SMILES string of the molecule is C1=C(N(C2=C/Cc3ccc(-c4ccccc4)cc3OC/C=C\2)c2ccc(-c3ccccc3-c3ccccc3)cc2)c2c(sc3ccccc23)C(c2ccccc2)C1. The Bertz CT molecular complexity index is 2780. The molecule has 1 aromatic heterocycles. The predicted molar refractivity (Wildman–Crippen MR) is 241 cm³/mol. The van der Waals surface area contributed by atoms with E-state index in [1.807, 2.05) is 11.3 Å². The van der Waals surface area contributed by atoms with Crippen LogP contribution in [-0.4, -0.2) is 6.61 Å². The third kappa shape index (κ3) is 6.81. The highest BCUT2D eigenvalue weighted by Gasteiger charge is 2.31. The van der Waals surface area contributed by atoms with Gasteiger partial charge in [0.1, 0.15) is 12.4 Å². The van der Waals surface area contributed by atoms with Gasteiger partial charge in [0.05, 0.1) is 5.70 Å². The molecule has 1 aliphatic carbocycles. The molecule has 10 rings (SSSR count). The number of ether oxygens (including phenoxy) is 1. The third-order valence-corrected chi connectivity index (χ3v) is 12.5. The van der Waals surface area contributed by atoms with Crippen molar-refractivity contribution in [3.8, 4) is 39.1 Å². The zero-order valence-electron chi connectivity index (χ0n) is 31.6. The number of hydrogen-bond acceptors (Lipinski definition) is 3. The van der Waals surface area contributed by atoms with Crippen LogP contribution in [0.3, 0.4) is 0 Å². The Morgan fingerprint density at radius 3 is 1.95 bits per heavy atom. The summed E-state index contributed by atoms with van der Waals surface area (Å²) in [4.78, 5) is 3.92. The number of fused-ring (bicyclic) bond motifs is 4. The van der Waals surface area contributed by atoms with E-state index in [4.69, 9.17) is 4.74 Å². The first kappa shape index (κ1) is 34.8. The summed E-state index contributed by atoms with van der Waals surface area (Å²) in [5, 5.41) is 1.30. The standard InChI is InChI=1S/C54H41NOS/c1-4-15-38(16-5-1)43-27-26-42-30-33-44(21-14-36-56-51(42)37-43)55(45-31-28-41(29-32-45)47-23-11-10-22-46(47)39-17-6-2-7-18-39)50-35-34-48(40-19-8-3-9-20-40)54-53(50)49-24-12-13-25-52(49)57-54/h1-29,31-33,35,37,48H,30,34,36H2/b21-14-,44-33+. The molecule has 2 aliphatic rings. The van der Waals surface area contributed by atoms with Gasteiger partial charge in [0.2, 0.25) is 0 Å². The highest BCUT2D eigenvalue weighted by molar-refractivity contribution is 7.19. The van der Waals surface area contributed by atoms with Gasteiger partial charge in [-0.15, -0.1) is 11.3 Å². The van der Waals surface area contributed by atoms with Gasteiger partial charge in [0.25, 0.3) is 0 Å². The van der Waals surface area contributed by atoms with Crippen LogP contribution >= 0.6 is 11.3 Å². The normalized spacial score (nSPS) is 16.4. The molecule has 3 heteroatoms. The van der Waals surface area contributed by atoms with Gasteiger partial charge < -0.3 is 9.64 Å². The quantitative estimate of drug-likeness (QED) is 0.161. The Kier molecular flexibility index (Phi) is 9.43. The summed E-state index contributed by atoms with van der Waals surface area (Å²) < 4.78 is 7.79. The van der Waals surface area contributed by atoms with Gasteiger partial charge >= 0.3 is 0 Å². The molecule has 7 aromatic carbocycles. The predicted octanol–water partition coefficient (Wildman–Crippen LogP) is 14.4. The molecule has 2 heterocycles. The monoisotopic (exact) mass is 751 g/mol. The van der Waals surface area contributed by atoms with Crippen LogP contribution in [0.2, 0.25) is 0 Å². The Morgan fingerprint density at radius 2 is 1.19 bits per heavy atom. The van der Waals surface area contributed by atoms with Crippen LogP contribution in [0, 0.1) is 0 Å². The van der Waals surface area contributed by atoms with Crippen LogP contribution in [0.15, 0.2) is 212 Å². The second kappa shape index (κ2) is 15.5. The second-order valence-electron chi connectivity index (χ2n) is 14.7. The first-order valence-electron chi connectivity index (χ1n) is 19.8. The smallest absolute Gasteiger partial charge is 0.123 e. The highest BCUT2D eigenvalue weighted by atomic mass is 32.1. The topological polar surface area (TPSA) is 12.5 Å². The van der Waals surface area contributed by atoms with Crippen LogP contribution in [0.25, 0.3) is 49.2 Å². The van der Waals surface area contributed by atoms with Gasteiger partial charge in [0.15, 0.2) is 0 Å². The van der Waals surface area contributed by atoms with Crippen molar-refractivity contribution in [1.29, 1.82) is 0 Å². The number of benzene rings is 7. The number of anilines is 1. The summed E-state index contributed by atoms with van der Waals surface area (Å²) >= 11 is 1.94. The van der Waals surface area contributed by atoms with E-state index in [0.29, 0.717) is 12.5 Å². The molecular weight excluding hydrogens is 711 g/mol. The first-order valence-corrected chi connectivity index (χ1v) is 20.6. The van der Waals surface area contributed by atoms with Crippen molar-refractivity contribution < 1.29 is 4.74 Å². The molecule has 0 N–H and O–H groups in total. The van der Waals surface area contributed by atoms with Crippen LogP contribution < -0.4 is 9.64 Å². The molecule has 0 saturated carbocycles. The first-order chi connectivity index (χ1) is 28.3. The molecule has 0 saturated heterocycles. The van der Waals surface area contributed by atoms with E-state index in [9.17, 15) is 0 Å². The fraction of sp³-hybridized carbons (Fsp3) is 0.0741. The Labute approximate surface area is 339 Å². The maximum atomic E-state index is 6.48. The second-order valence-corrected chi connectivity index (χ2v) is 15.7. The number of allylic oxidation sites excluding steroid dienone is 3. The minimum atomic E-state index is 0.296. The lowest BCUT2D eigenvalue weighted by atomic mass is 9.85. The van der Waals surface area contributed by atoms with Crippen LogP contribution in [0.5, 0.6) is 5.75 Å². The van der Waals surface area contributed by atoms with Crippen LogP contribution in [0.1, 0.15) is 33.9 Å². The Hall–Kier alpha value is -6.68. The Balaban J connectivity index is 1.11. The minimum absolute atomic E-state index is 0.296. The number of rotatable bonds is 7. The molecule has 0 amide bonds. The van der Waals surface area contributed by atoms with Gasteiger partial charge in [-0.25, -0.2) is 0 Å². The lowest BCUT2D eigenvalue weighted by molar-refractivity contribution is 0.360. The van der Waals surface area contributed by atoms with E-state index in [-0.39, 0.29) is 0 Å². The molecule has 2 nitrogen and oxygen atoms in total. The van der Waals surface area contributed by atoms with Crippen molar-refractivity contribution >= 4 is 32.8 Å². The molecule has 8 aromatic rings. The molecule has 0 radical (unpaired) electrons. The van der Waals surface area contributed by atoms with E-state index in [1.165, 1.54) is 65.2 Å². The molecule has 0 bridgehead atoms. The molecule has 1 unspecified atom stereocenters. The van der Waals surface area contributed by atoms with Crippen molar-refractivity contribution in [2.75, 3.05) is 11.5 Å². The van der Waals surface area contributed by atoms with Gasteiger partial charge in [-0.1, -0.05) is 170 Å². The average molecular weight is 752 g/mol. The maximum absolute atomic E-state index is 6.48. The van der Waals surface area contributed by atoms with Gasteiger partial charge in [-0.05, 0) is 93.8 Å². The number of nitrogens with zero attached hydrogens (tertiary/aromatic N) is 1. The fourth-order valence-corrected chi connectivity index (χ4v) is 9.79. The van der Waals surface area contributed by atoms with Gasteiger partial charge in [-0.2, -0.15) is 0 Å². The minimum Gasteiger partial charge on any atom is -0.489 e. The number of thiophene rings is 1. The number of hydrogen-bond donors (Lipinski definition) is 0. The molecule has 1 atom stereocenters. The largest absolute Gasteiger partial charge is 0.489 e. The van der Waals surface area contributed by atoms with E-state index in [2.05, 4.69) is 211 Å². The molecule has 1 aliphatic heterocycles. The van der Waals surface area contributed by atoms with Crippen LogP contribution in [0.4, 0.5) is 5.69 Å². The van der Waals surface area contributed by atoms with Crippen molar-refractivity contribution in [3.05, 3.63) is 234 Å². The summed E-state index contributed by atoms with van der Waals surface area (Å²) in [6, 6.07) is 65.7. The molecule has 0 fully saturated rings. The van der Waals surface area contributed by atoms with E-state index >= 15 is 0 Å². The summed E-state index contributed by atoms with van der Waals surface area (Å²) in [5.74, 6) is 1.23. The molecule has 274 valence electrons. The fourth-order valence-electron chi connectivity index (χ4n) is 8.43. The van der Waals surface area contributed by atoms with Crippen molar-refractivity contribution in [2.45, 2.75) is 18.8 Å².